The summed E-state index contributed by atoms with van der Waals surface area (Å²) < 4.78 is 0. The zero-order chi connectivity index (χ0) is 17.9. The van der Waals surface area contributed by atoms with E-state index in [1.807, 2.05) is 16.9 Å². The SMILES string of the molecule is Cc1nc2c(c(N3CCCC3)n1)CCN(C(=O)CCN1CCCO1)CC2. The van der Waals surface area contributed by atoms with Gasteiger partial charge in [0.1, 0.15) is 11.6 Å². The molecule has 0 N–H and O–H groups in total. The second-order valence-corrected chi connectivity index (χ2v) is 7.46. The third-order valence-electron chi connectivity index (χ3n) is 5.59. The molecule has 26 heavy (non-hydrogen) atoms. The molecule has 7 heteroatoms. The van der Waals surface area contributed by atoms with Crippen LogP contribution in [0.1, 0.15) is 42.8 Å². The van der Waals surface area contributed by atoms with Crippen LogP contribution in [0.2, 0.25) is 0 Å². The zero-order valence-corrected chi connectivity index (χ0v) is 15.7. The van der Waals surface area contributed by atoms with Crippen molar-refractivity contribution in [2.24, 2.45) is 0 Å². The first-order chi connectivity index (χ1) is 12.7. The second kappa shape index (κ2) is 7.88. The molecule has 1 amide bonds. The summed E-state index contributed by atoms with van der Waals surface area (Å²) >= 11 is 0. The van der Waals surface area contributed by atoms with Crippen LogP contribution in [0.25, 0.3) is 0 Å². The highest BCUT2D eigenvalue weighted by molar-refractivity contribution is 5.76. The van der Waals surface area contributed by atoms with Crippen LogP contribution in [-0.4, -0.2) is 71.7 Å². The lowest BCUT2D eigenvalue weighted by Crippen LogP contribution is -2.35. The summed E-state index contributed by atoms with van der Waals surface area (Å²) in [5.41, 5.74) is 2.40. The van der Waals surface area contributed by atoms with E-state index in [-0.39, 0.29) is 5.91 Å². The lowest BCUT2D eigenvalue weighted by Gasteiger charge is -2.22. The smallest absolute Gasteiger partial charge is 0.223 e. The number of anilines is 1. The molecule has 0 bridgehead atoms. The van der Waals surface area contributed by atoms with Crippen LogP contribution in [0.4, 0.5) is 5.82 Å². The minimum absolute atomic E-state index is 0.223. The molecule has 1 aromatic rings. The number of carbonyl (C=O) groups excluding carboxylic acids is 1. The summed E-state index contributed by atoms with van der Waals surface area (Å²) in [6.45, 7) is 8.08. The predicted molar refractivity (Wildman–Crippen MR) is 99.0 cm³/mol. The molecule has 0 aromatic carbocycles. The molecule has 0 unspecified atom stereocenters. The topological polar surface area (TPSA) is 61.8 Å². The fraction of sp³-hybridized carbons (Fsp3) is 0.737. The first-order valence-electron chi connectivity index (χ1n) is 9.98. The minimum atomic E-state index is 0.223. The van der Waals surface area contributed by atoms with Gasteiger partial charge in [0.05, 0.1) is 12.3 Å². The highest BCUT2D eigenvalue weighted by Gasteiger charge is 2.26. The number of fused-ring (bicyclic) bond motifs is 1. The summed E-state index contributed by atoms with van der Waals surface area (Å²) in [6.07, 6.45) is 5.74. The number of carbonyl (C=O) groups is 1. The number of hydrogen-bond donors (Lipinski definition) is 0. The van der Waals surface area contributed by atoms with Crippen LogP contribution in [-0.2, 0) is 22.5 Å². The van der Waals surface area contributed by atoms with Crippen LogP contribution in [0, 0.1) is 6.92 Å². The molecule has 0 atom stereocenters. The van der Waals surface area contributed by atoms with Crippen molar-refractivity contribution >= 4 is 11.7 Å². The van der Waals surface area contributed by atoms with E-state index in [1.54, 1.807) is 0 Å². The average Bonchev–Trinajstić information content (AvgIpc) is 3.30. The van der Waals surface area contributed by atoms with Crippen molar-refractivity contribution in [3.63, 3.8) is 0 Å². The van der Waals surface area contributed by atoms with Crippen LogP contribution >= 0.6 is 0 Å². The number of rotatable bonds is 4. The van der Waals surface area contributed by atoms with Crippen molar-refractivity contribution in [3.05, 3.63) is 17.1 Å². The molecule has 4 rings (SSSR count). The summed E-state index contributed by atoms with van der Waals surface area (Å²) in [4.78, 5) is 32.0. The highest BCUT2D eigenvalue weighted by Crippen LogP contribution is 2.27. The Morgan fingerprint density at radius 1 is 1.04 bits per heavy atom. The number of nitrogens with zero attached hydrogens (tertiary/aromatic N) is 5. The van der Waals surface area contributed by atoms with Crippen molar-refractivity contribution in [2.45, 2.75) is 45.4 Å². The van der Waals surface area contributed by atoms with Crippen molar-refractivity contribution in [1.29, 1.82) is 0 Å². The van der Waals surface area contributed by atoms with Crippen molar-refractivity contribution < 1.29 is 9.63 Å². The van der Waals surface area contributed by atoms with Crippen LogP contribution in [0.15, 0.2) is 0 Å². The molecular weight excluding hydrogens is 330 g/mol. The van der Waals surface area contributed by atoms with Crippen LogP contribution in [0.3, 0.4) is 0 Å². The van der Waals surface area contributed by atoms with Gasteiger partial charge in [0.2, 0.25) is 5.91 Å². The van der Waals surface area contributed by atoms with Gasteiger partial charge in [-0.2, -0.15) is 5.06 Å². The molecule has 3 aliphatic rings. The molecule has 142 valence electrons. The Labute approximate surface area is 155 Å². The van der Waals surface area contributed by atoms with Gasteiger partial charge in [-0.15, -0.1) is 0 Å². The Bertz CT molecular complexity index is 654. The van der Waals surface area contributed by atoms with Crippen LogP contribution < -0.4 is 4.90 Å². The third kappa shape index (κ3) is 3.83. The summed E-state index contributed by atoms with van der Waals surface area (Å²) in [5, 5.41) is 1.92. The van der Waals surface area contributed by atoms with E-state index in [0.29, 0.717) is 13.0 Å². The number of aryl methyl sites for hydroxylation is 1. The van der Waals surface area contributed by atoms with Gasteiger partial charge >= 0.3 is 0 Å². The van der Waals surface area contributed by atoms with Gasteiger partial charge in [-0.3, -0.25) is 9.63 Å². The Kier molecular flexibility index (Phi) is 5.36. The Hall–Kier alpha value is -1.73. The molecule has 1 aromatic heterocycles. The average molecular weight is 359 g/mol. The maximum atomic E-state index is 12.7. The summed E-state index contributed by atoms with van der Waals surface area (Å²) in [5.74, 6) is 2.18. The van der Waals surface area contributed by atoms with E-state index in [2.05, 4.69) is 4.90 Å². The summed E-state index contributed by atoms with van der Waals surface area (Å²) in [7, 11) is 0. The molecule has 4 heterocycles. The largest absolute Gasteiger partial charge is 0.356 e. The van der Waals surface area contributed by atoms with E-state index < -0.39 is 0 Å². The third-order valence-corrected chi connectivity index (χ3v) is 5.59. The molecule has 0 radical (unpaired) electrons. The summed E-state index contributed by atoms with van der Waals surface area (Å²) in [6, 6.07) is 0. The van der Waals surface area contributed by atoms with Gasteiger partial charge < -0.3 is 9.80 Å². The van der Waals surface area contributed by atoms with E-state index in [9.17, 15) is 4.79 Å². The Balaban J connectivity index is 1.43. The maximum Gasteiger partial charge on any atom is 0.223 e. The minimum Gasteiger partial charge on any atom is -0.356 e. The molecule has 7 nitrogen and oxygen atoms in total. The fourth-order valence-corrected chi connectivity index (χ4v) is 4.19. The van der Waals surface area contributed by atoms with Gasteiger partial charge in [0, 0.05) is 57.7 Å². The Morgan fingerprint density at radius 3 is 2.62 bits per heavy atom. The standard InChI is InChI=1S/C19H29N5O2/c1-15-20-17-6-12-22(18(25)7-13-24-10-4-14-26-24)11-5-16(17)19(21-15)23-8-2-3-9-23/h2-14H2,1H3. The van der Waals surface area contributed by atoms with Crippen molar-refractivity contribution in [2.75, 3.05) is 50.8 Å². The molecule has 0 spiro atoms. The second-order valence-electron chi connectivity index (χ2n) is 7.46. The predicted octanol–water partition coefficient (Wildman–Crippen LogP) is 1.34. The molecule has 3 aliphatic heterocycles. The lowest BCUT2D eigenvalue weighted by molar-refractivity contribution is -0.138. The highest BCUT2D eigenvalue weighted by atomic mass is 16.7. The number of hydroxylamine groups is 2. The van der Waals surface area contributed by atoms with E-state index in [1.165, 1.54) is 18.4 Å². The normalized spacial score (nSPS) is 21.1. The fourth-order valence-electron chi connectivity index (χ4n) is 4.19. The van der Waals surface area contributed by atoms with E-state index in [0.717, 1.165) is 75.9 Å². The van der Waals surface area contributed by atoms with Gasteiger partial charge in [0.25, 0.3) is 0 Å². The molecular formula is C19H29N5O2. The molecule has 2 saturated heterocycles. The quantitative estimate of drug-likeness (QED) is 0.809. The monoisotopic (exact) mass is 359 g/mol. The van der Waals surface area contributed by atoms with E-state index in [4.69, 9.17) is 14.8 Å². The number of hydrogen-bond acceptors (Lipinski definition) is 6. The zero-order valence-electron chi connectivity index (χ0n) is 15.7. The van der Waals surface area contributed by atoms with E-state index >= 15 is 0 Å². The first kappa shape index (κ1) is 17.7. The van der Waals surface area contributed by atoms with Gasteiger partial charge in [-0.1, -0.05) is 0 Å². The van der Waals surface area contributed by atoms with Crippen LogP contribution in [0.5, 0.6) is 0 Å². The van der Waals surface area contributed by atoms with Crippen molar-refractivity contribution in [3.8, 4) is 0 Å². The molecule has 2 fully saturated rings. The van der Waals surface area contributed by atoms with Gasteiger partial charge in [-0.05, 0) is 32.6 Å². The first-order valence-corrected chi connectivity index (χ1v) is 9.98. The van der Waals surface area contributed by atoms with Gasteiger partial charge in [0.15, 0.2) is 0 Å². The van der Waals surface area contributed by atoms with Gasteiger partial charge in [-0.25, -0.2) is 9.97 Å². The molecule has 0 saturated carbocycles. The number of amides is 1. The molecule has 0 aliphatic carbocycles. The number of aromatic nitrogens is 2. The Morgan fingerprint density at radius 2 is 1.85 bits per heavy atom. The maximum absolute atomic E-state index is 12.7. The van der Waals surface area contributed by atoms with Crippen molar-refractivity contribution in [1.82, 2.24) is 19.9 Å². The lowest BCUT2D eigenvalue weighted by atomic mass is 10.1.